The molecule has 144 valence electrons. The number of piperidine rings is 1. The Morgan fingerprint density at radius 3 is 2.88 bits per heavy atom. The van der Waals surface area contributed by atoms with Crippen molar-refractivity contribution in [3.8, 4) is 0 Å². The Hall–Kier alpha value is 0.01000. The molecule has 2 rings (SSSR count). The number of aliphatic imine (C=N–C) groups is 1. The van der Waals surface area contributed by atoms with E-state index in [4.69, 9.17) is 0 Å². The molecule has 1 aliphatic heterocycles. The van der Waals surface area contributed by atoms with Crippen LogP contribution in [0.3, 0.4) is 0 Å². The van der Waals surface area contributed by atoms with Gasteiger partial charge in [-0.1, -0.05) is 6.07 Å². The maximum absolute atomic E-state index is 4.36. The van der Waals surface area contributed by atoms with Gasteiger partial charge in [0.1, 0.15) is 0 Å². The molecule has 0 spiro atoms. The van der Waals surface area contributed by atoms with Gasteiger partial charge in [-0.3, -0.25) is 9.89 Å². The zero-order valence-electron chi connectivity index (χ0n) is 15.9. The van der Waals surface area contributed by atoms with E-state index in [1.807, 2.05) is 30.1 Å². The molecule has 1 aliphatic rings. The van der Waals surface area contributed by atoms with Crippen molar-refractivity contribution < 1.29 is 0 Å². The highest BCUT2D eigenvalue weighted by atomic mass is 127. The molecular weight excluding hydrogens is 463 g/mol. The van der Waals surface area contributed by atoms with E-state index in [2.05, 4.69) is 58.1 Å². The highest BCUT2D eigenvalue weighted by Crippen LogP contribution is 2.20. The summed E-state index contributed by atoms with van der Waals surface area (Å²) in [5.41, 5.74) is 0. The fraction of sp³-hybridized carbons (Fsp3) is 0.722. The first-order valence-corrected chi connectivity index (χ1v) is 10.9. The first-order valence-electron chi connectivity index (χ1n) is 8.77. The summed E-state index contributed by atoms with van der Waals surface area (Å²) in [6.45, 7) is 9.93. The number of nitrogens with one attached hydrogen (secondary N) is 2. The van der Waals surface area contributed by atoms with Crippen LogP contribution in [0.4, 0.5) is 0 Å². The summed E-state index contributed by atoms with van der Waals surface area (Å²) >= 11 is 3.74. The van der Waals surface area contributed by atoms with Gasteiger partial charge >= 0.3 is 0 Å². The van der Waals surface area contributed by atoms with E-state index < -0.39 is 0 Å². The minimum absolute atomic E-state index is 0. The Balaban J connectivity index is 0.00000312. The Bertz CT molecular complexity index is 505. The summed E-state index contributed by atoms with van der Waals surface area (Å²) in [6, 6.07) is 4.39. The van der Waals surface area contributed by atoms with Crippen LogP contribution in [-0.2, 0) is 6.54 Å². The fourth-order valence-electron chi connectivity index (χ4n) is 2.91. The average Bonchev–Trinajstić information content (AvgIpc) is 3.08. The third-order valence-corrected chi connectivity index (χ3v) is 6.69. The molecule has 0 radical (unpaired) electrons. The van der Waals surface area contributed by atoms with Crippen molar-refractivity contribution in [2.45, 2.75) is 38.0 Å². The molecule has 25 heavy (non-hydrogen) atoms. The highest BCUT2D eigenvalue weighted by molar-refractivity contribution is 14.0. The normalized spacial score (nSPS) is 19.4. The first kappa shape index (κ1) is 23.0. The second kappa shape index (κ2) is 11.7. The summed E-state index contributed by atoms with van der Waals surface area (Å²) in [6.07, 6.45) is 4.76. The SMILES string of the molecule is CN=C(NCC1CCCN(Cc2cccs2)C1)NCC(C)(C)SC.I. The number of likely N-dealkylation sites (tertiary alicyclic amines) is 1. The Labute approximate surface area is 178 Å². The summed E-state index contributed by atoms with van der Waals surface area (Å²) < 4.78 is 0.222. The lowest BCUT2D eigenvalue weighted by atomic mass is 9.98. The van der Waals surface area contributed by atoms with Crippen LogP contribution in [0.1, 0.15) is 31.6 Å². The maximum atomic E-state index is 4.36. The second-order valence-electron chi connectivity index (χ2n) is 7.09. The number of hydrogen-bond acceptors (Lipinski definition) is 4. The molecule has 1 fully saturated rings. The van der Waals surface area contributed by atoms with E-state index >= 15 is 0 Å². The van der Waals surface area contributed by atoms with Crippen LogP contribution in [0.2, 0.25) is 0 Å². The number of nitrogens with zero attached hydrogens (tertiary/aromatic N) is 2. The number of halogens is 1. The zero-order valence-corrected chi connectivity index (χ0v) is 19.8. The smallest absolute Gasteiger partial charge is 0.191 e. The van der Waals surface area contributed by atoms with Crippen LogP contribution < -0.4 is 10.6 Å². The second-order valence-corrected chi connectivity index (χ2v) is 9.64. The zero-order chi connectivity index (χ0) is 17.4. The van der Waals surface area contributed by atoms with Gasteiger partial charge in [0, 0.05) is 42.9 Å². The molecule has 0 aliphatic carbocycles. The van der Waals surface area contributed by atoms with Gasteiger partial charge in [-0.2, -0.15) is 11.8 Å². The molecule has 2 N–H and O–H groups in total. The van der Waals surface area contributed by atoms with Crippen molar-refractivity contribution in [3.63, 3.8) is 0 Å². The Kier molecular flexibility index (Phi) is 10.8. The van der Waals surface area contributed by atoms with Crippen molar-refractivity contribution in [1.82, 2.24) is 15.5 Å². The largest absolute Gasteiger partial charge is 0.356 e. The maximum Gasteiger partial charge on any atom is 0.191 e. The van der Waals surface area contributed by atoms with Gasteiger partial charge in [0.2, 0.25) is 0 Å². The molecule has 0 bridgehead atoms. The Morgan fingerprint density at radius 1 is 1.44 bits per heavy atom. The third kappa shape index (κ3) is 8.49. The van der Waals surface area contributed by atoms with Gasteiger partial charge in [0.05, 0.1) is 0 Å². The number of hydrogen-bond donors (Lipinski definition) is 2. The monoisotopic (exact) mass is 496 g/mol. The molecule has 1 aromatic heterocycles. The highest BCUT2D eigenvalue weighted by Gasteiger charge is 2.21. The quantitative estimate of drug-likeness (QED) is 0.342. The topological polar surface area (TPSA) is 39.7 Å². The lowest BCUT2D eigenvalue weighted by molar-refractivity contribution is 0.169. The molecule has 4 nitrogen and oxygen atoms in total. The molecule has 1 aromatic rings. The molecule has 0 saturated carbocycles. The van der Waals surface area contributed by atoms with Crippen molar-refractivity contribution in [2.24, 2.45) is 10.9 Å². The molecule has 0 amide bonds. The van der Waals surface area contributed by atoms with Crippen LogP contribution in [0.5, 0.6) is 0 Å². The molecule has 1 saturated heterocycles. The van der Waals surface area contributed by atoms with E-state index in [1.165, 1.54) is 30.8 Å². The average molecular weight is 497 g/mol. The summed E-state index contributed by atoms with van der Waals surface area (Å²) in [7, 11) is 1.85. The predicted octanol–water partition coefficient (Wildman–Crippen LogP) is 3.88. The van der Waals surface area contributed by atoms with Gasteiger partial charge in [0.15, 0.2) is 5.96 Å². The molecule has 1 unspecified atom stereocenters. The van der Waals surface area contributed by atoms with Crippen molar-refractivity contribution >= 4 is 53.0 Å². The van der Waals surface area contributed by atoms with Crippen molar-refractivity contribution in [1.29, 1.82) is 0 Å². The third-order valence-electron chi connectivity index (χ3n) is 4.58. The van der Waals surface area contributed by atoms with Crippen LogP contribution >= 0.6 is 47.1 Å². The molecule has 2 heterocycles. The predicted molar refractivity (Wildman–Crippen MR) is 125 cm³/mol. The van der Waals surface area contributed by atoms with Crippen LogP contribution in [0.15, 0.2) is 22.5 Å². The fourth-order valence-corrected chi connectivity index (χ4v) is 3.88. The molecule has 1 atom stereocenters. The minimum atomic E-state index is 0. The van der Waals surface area contributed by atoms with Gasteiger partial charge in [-0.25, -0.2) is 0 Å². The van der Waals surface area contributed by atoms with Gasteiger partial charge < -0.3 is 10.6 Å². The lowest BCUT2D eigenvalue weighted by Crippen LogP contribution is -2.46. The van der Waals surface area contributed by atoms with E-state index in [9.17, 15) is 0 Å². The van der Waals surface area contributed by atoms with E-state index in [0.717, 1.165) is 25.6 Å². The lowest BCUT2D eigenvalue weighted by Gasteiger charge is -2.33. The number of thioether (sulfide) groups is 1. The Morgan fingerprint density at radius 2 is 2.24 bits per heavy atom. The van der Waals surface area contributed by atoms with E-state index in [0.29, 0.717) is 5.92 Å². The van der Waals surface area contributed by atoms with Crippen LogP contribution in [0.25, 0.3) is 0 Å². The summed E-state index contributed by atoms with van der Waals surface area (Å²) in [5.74, 6) is 1.62. The summed E-state index contributed by atoms with van der Waals surface area (Å²) in [5, 5.41) is 9.15. The number of rotatable bonds is 7. The number of thiophene rings is 1. The van der Waals surface area contributed by atoms with Crippen molar-refractivity contribution in [3.05, 3.63) is 22.4 Å². The standard InChI is InChI=1S/C18H32N4S2.HI/c1-18(2,23-4)14-21-17(19-3)20-11-15-7-5-9-22(12-15)13-16-8-6-10-24-16;/h6,8,10,15H,5,7,9,11-14H2,1-4H3,(H2,19,20,21);1H. The molecule has 0 aromatic carbocycles. The first-order chi connectivity index (χ1) is 11.5. The van der Waals surface area contributed by atoms with Gasteiger partial charge in [0.25, 0.3) is 0 Å². The van der Waals surface area contributed by atoms with Crippen LogP contribution in [-0.4, -0.2) is 55.1 Å². The van der Waals surface area contributed by atoms with Gasteiger partial charge in [-0.15, -0.1) is 35.3 Å². The van der Waals surface area contributed by atoms with E-state index in [1.54, 1.807) is 0 Å². The van der Waals surface area contributed by atoms with Crippen LogP contribution in [0, 0.1) is 5.92 Å². The molecule has 7 heteroatoms. The molecular formula is C18H33IN4S2. The van der Waals surface area contributed by atoms with Crippen molar-refractivity contribution in [2.75, 3.05) is 39.5 Å². The van der Waals surface area contributed by atoms with E-state index in [-0.39, 0.29) is 28.7 Å². The van der Waals surface area contributed by atoms with Gasteiger partial charge in [-0.05, 0) is 56.9 Å². The number of guanidine groups is 1. The minimum Gasteiger partial charge on any atom is -0.356 e. The summed E-state index contributed by atoms with van der Waals surface area (Å²) in [4.78, 5) is 8.43.